The summed E-state index contributed by atoms with van der Waals surface area (Å²) < 4.78 is 0. The fraction of sp³-hybridized carbons (Fsp3) is 0.562. The zero-order valence-electron chi connectivity index (χ0n) is 10.9. The first-order chi connectivity index (χ1) is 8.76. The van der Waals surface area contributed by atoms with Gasteiger partial charge in [0.1, 0.15) is 0 Å². The van der Waals surface area contributed by atoms with Crippen molar-refractivity contribution in [3.63, 3.8) is 0 Å². The molecule has 0 heterocycles. The summed E-state index contributed by atoms with van der Waals surface area (Å²) >= 11 is 0. The Labute approximate surface area is 109 Å². The minimum Gasteiger partial charge on any atom is -0.382 e. The van der Waals surface area contributed by atoms with Gasteiger partial charge in [-0.15, -0.1) is 0 Å². The molecule has 2 saturated carbocycles. The molecule has 0 amide bonds. The highest BCUT2D eigenvalue weighted by molar-refractivity contribution is 5.49. The third kappa shape index (κ3) is 2.10. The van der Waals surface area contributed by atoms with Crippen LogP contribution in [0.3, 0.4) is 0 Å². The van der Waals surface area contributed by atoms with Crippen molar-refractivity contribution in [3.05, 3.63) is 29.8 Å². The van der Waals surface area contributed by atoms with E-state index in [1.807, 2.05) is 18.2 Å². The minimum absolute atomic E-state index is 0.522. The van der Waals surface area contributed by atoms with E-state index >= 15 is 0 Å². The van der Waals surface area contributed by atoms with Crippen LogP contribution in [0.25, 0.3) is 0 Å². The highest BCUT2D eigenvalue weighted by atomic mass is 14.9. The molecule has 2 nitrogen and oxygen atoms in total. The zero-order valence-corrected chi connectivity index (χ0v) is 10.9. The van der Waals surface area contributed by atoms with E-state index in [1.54, 1.807) is 0 Å². The summed E-state index contributed by atoms with van der Waals surface area (Å²) in [5.74, 6) is 2.76. The Morgan fingerprint density at radius 1 is 1.33 bits per heavy atom. The van der Waals surface area contributed by atoms with Crippen LogP contribution in [0.15, 0.2) is 24.3 Å². The molecular formula is C16H20N2. The van der Waals surface area contributed by atoms with Crippen LogP contribution < -0.4 is 5.32 Å². The summed E-state index contributed by atoms with van der Waals surface area (Å²) in [6, 6.07) is 10.5. The maximum absolute atomic E-state index is 8.92. The Kier molecular flexibility index (Phi) is 2.99. The van der Waals surface area contributed by atoms with E-state index in [0.29, 0.717) is 6.04 Å². The lowest BCUT2D eigenvalue weighted by Gasteiger charge is -2.29. The fourth-order valence-electron chi connectivity index (χ4n) is 3.95. The van der Waals surface area contributed by atoms with Crippen molar-refractivity contribution in [2.75, 3.05) is 5.32 Å². The highest BCUT2D eigenvalue weighted by Gasteiger charge is 2.41. The summed E-state index contributed by atoms with van der Waals surface area (Å²) in [6.45, 7) is 2.30. The molecule has 2 aliphatic carbocycles. The Bertz CT molecular complexity index is 474. The second-order valence-corrected chi connectivity index (χ2v) is 5.96. The first-order valence-corrected chi connectivity index (χ1v) is 7.03. The van der Waals surface area contributed by atoms with Crippen molar-refractivity contribution in [3.8, 4) is 6.07 Å². The maximum Gasteiger partial charge on any atom is 0.0992 e. The van der Waals surface area contributed by atoms with Gasteiger partial charge in [0.05, 0.1) is 11.6 Å². The zero-order chi connectivity index (χ0) is 12.5. The molecular weight excluding hydrogens is 220 g/mol. The van der Waals surface area contributed by atoms with Gasteiger partial charge >= 0.3 is 0 Å². The fourth-order valence-corrected chi connectivity index (χ4v) is 3.95. The second kappa shape index (κ2) is 4.65. The average Bonchev–Trinajstić information content (AvgIpc) is 3.01. The molecule has 0 radical (unpaired) electrons. The van der Waals surface area contributed by atoms with Gasteiger partial charge in [0.2, 0.25) is 0 Å². The van der Waals surface area contributed by atoms with E-state index in [2.05, 4.69) is 24.4 Å². The molecule has 4 atom stereocenters. The number of nitriles is 1. The number of fused-ring (bicyclic) bond motifs is 2. The number of hydrogen-bond donors (Lipinski definition) is 1. The molecule has 2 heteroatoms. The van der Waals surface area contributed by atoms with Crippen molar-refractivity contribution in [2.24, 2.45) is 17.8 Å². The van der Waals surface area contributed by atoms with Crippen molar-refractivity contribution in [2.45, 2.75) is 38.6 Å². The molecule has 0 aliphatic heterocycles. The SMILES string of the molecule is CC(Nc1cccc(C#N)c1)C1CC2CCC1C2. The average molecular weight is 240 g/mol. The first kappa shape index (κ1) is 11.6. The molecule has 4 unspecified atom stereocenters. The molecule has 0 aromatic heterocycles. The van der Waals surface area contributed by atoms with Gasteiger partial charge in [0.15, 0.2) is 0 Å². The normalized spacial score (nSPS) is 31.0. The van der Waals surface area contributed by atoms with Crippen LogP contribution in [-0.4, -0.2) is 6.04 Å². The van der Waals surface area contributed by atoms with Gasteiger partial charge in [-0.25, -0.2) is 0 Å². The molecule has 18 heavy (non-hydrogen) atoms. The molecule has 2 aliphatic rings. The van der Waals surface area contributed by atoms with Gasteiger partial charge in [-0.3, -0.25) is 0 Å². The molecule has 0 spiro atoms. The lowest BCUT2D eigenvalue weighted by atomic mass is 9.84. The molecule has 2 fully saturated rings. The van der Waals surface area contributed by atoms with E-state index < -0.39 is 0 Å². The Morgan fingerprint density at radius 2 is 2.22 bits per heavy atom. The molecule has 2 bridgehead atoms. The largest absolute Gasteiger partial charge is 0.382 e. The maximum atomic E-state index is 8.92. The van der Waals surface area contributed by atoms with Crippen LogP contribution in [0.2, 0.25) is 0 Å². The monoisotopic (exact) mass is 240 g/mol. The summed E-state index contributed by atoms with van der Waals surface area (Å²) in [5.41, 5.74) is 1.82. The standard InChI is InChI=1S/C16H20N2/c1-11(16-9-12-5-6-14(16)7-12)18-15-4-2-3-13(8-15)10-17/h2-4,8,11-12,14,16,18H,5-7,9H2,1H3. The van der Waals surface area contributed by atoms with Gasteiger partial charge in [-0.1, -0.05) is 12.5 Å². The van der Waals surface area contributed by atoms with Gasteiger partial charge in [0, 0.05) is 11.7 Å². The van der Waals surface area contributed by atoms with E-state index in [4.69, 9.17) is 5.26 Å². The number of rotatable bonds is 3. The van der Waals surface area contributed by atoms with Crippen LogP contribution in [0, 0.1) is 29.1 Å². The summed E-state index contributed by atoms with van der Waals surface area (Å²) in [4.78, 5) is 0. The number of nitrogens with one attached hydrogen (secondary N) is 1. The van der Waals surface area contributed by atoms with E-state index in [-0.39, 0.29) is 0 Å². The van der Waals surface area contributed by atoms with Crippen LogP contribution in [0.5, 0.6) is 0 Å². The Morgan fingerprint density at radius 3 is 2.89 bits per heavy atom. The molecule has 1 aromatic carbocycles. The summed E-state index contributed by atoms with van der Waals surface area (Å²) in [7, 11) is 0. The van der Waals surface area contributed by atoms with Gasteiger partial charge in [-0.05, 0) is 62.1 Å². The second-order valence-electron chi connectivity index (χ2n) is 5.96. The van der Waals surface area contributed by atoms with E-state index in [0.717, 1.165) is 29.0 Å². The number of benzene rings is 1. The summed E-state index contributed by atoms with van der Waals surface area (Å²) in [5, 5.41) is 12.5. The van der Waals surface area contributed by atoms with Crippen molar-refractivity contribution < 1.29 is 0 Å². The van der Waals surface area contributed by atoms with Crippen LogP contribution in [0.1, 0.15) is 38.2 Å². The molecule has 3 rings (SSSR count). The van der Waals surface area contributed by atoms with Gasteiger partial charge in [-0.2, -0.15) is 5.26 Å². The number of nitrogens with zero attached hydrogens (tertiary/aromatic N) is 1. The van der Waals surface area contributed by atoms with E-state index in [1.165, 1.54) is 25.7 Å². The molecule has 0 saturated heterocycles. The molecule has 94 valence electrons. The van der Waals surface area contributed by atoms with E-state index in [9.17, 15) is 0 Å². The van der Waals surface area contributed by atoms with Crippen LogP contribution in [0.4, 0.5) is 5.69 Å². The van der Waals surface area contributed by atoms with Gasteiger partial charge in [0.25, 0.3) is 0 Å². The van der Waals surface area contributed by atoms with Crippen LogP contribution >= 0.6 is 0 Å². The number of hydrogen-bond acceptors (Lipinski definition) is 2. The summed E-state index contributed by atoms with van der Waals surface area (Å²) in [6.07, 6.45) is 5.74. The lowest BCUT2D eigenvalue weighted by Crippen LogP contribution is -2.29. The Balaban J connectivity index is 1.67. The third-order valence-electron chi connectivity index (χ3n) is 4.82. The predicted molar refractivity (Wildman–Crippen MR) is 73.2 cm³/mol. The van der Waals surface area contributed by atoms with Crippen molar-refractivity contribution in [1.82, 2.24) is 0 Å². The highest BCUT2D eigenvalue weighted by Crippen LogP contribution is 2.49. The number of anilines is 1. The predicted octanol–water partition coefficient (Wildman–Crippen LogP) is 3.79. The van der Waals surface area contributed by atoms with Crippen molar-refractivity contribution >= 4 is 5.69 Å². The quantitative estimate of drug-likeness (QED) is 0.872. The molecule has 1 aromatic rings. The minimum atomic E-state index is 0.522. The lowest BCUT2D eigenvalue weighted by molar-refractivity contribution is 0.304. The third-order valence-corrected chi connectivity index (χ3v) is 4.82. The first-order valence-electron chi connectivity index (χ1n) is 7.03. The topological polar surface area (TPSA) is 35.8 Å². The van der Waals surface area contributed by atoms with Crippen molar-refractivity contribution in [1.29, 1.82) is 5.26 Å². The van der Waals surface area contributed by atoms with Gasteiger partial charge < -0.3 is 5.32 Å². The molecule has 1 N–H and O–H groups in total. The van der Waals surface area contributed by atoms with Crippen LogP contribution in [-0.2, 0) is 0 Å². The smallest absolute Gasteiger partial charge is 0.0992 e. The Hall–Kier alpha value is -1.49.